The number of para-hydroxylation sites is 1. The van der Waals surface area contributed by atoms with Crippen LogP contribution in [0.4, 0.5) is 5.69 Å². The van der Waals surface area contributed by atoms with Crippen LogP contribution in [0.3, 0.4) is 0 Å². The van der Waals surface area contributed by atoms with Crippen molar-refractivity contribution in [3.8, 4) is 0 Å². The summed E-state index contributed by atoms with van der Waals surface area (Å²) in [7, 11) is 0. The van der Waals surface area contributed by atoms with Gasteiger partial charge in [0.2, 0.25) is 0 Å². The van der Waals surface area contributed by atoms with Gasteiger partial charge in [0, 0.05) is 12.6 Å². The first kappa shape index (κ1) is 17.7. The summed E-state index contributed by atoms with van der Waals surface area (Å²) in [5.74, 6) is -0.734. The highest BCUT2D eigenvalue weighted by Gasteiger charge is 2.00. The largest absolute Gasteiger partial charge is 0.481 e. The van der Waals surface area contributed by atoms with Gasteiger partial charge in [0.15, 0.2) is 0 Å². The van der Waals surface area contributed by atoms with Crippen LogP contribution in [0.1, 0.15) is 31.2 Å². The van der Waals surface area contributed by atoms with Crippen molar-refractivity contribution in [1.29, 1.82) is 0 Å². The lowest BCUT2D eigenvalue weighted by atomic mass is 10.0. The fourth-order valence-electron chi connectivity index (χ4n) is 2.36. The lowest BCUT2D eigenvalue weighted by molar-refractivity contribution is -0.137. The van der Waals surface area contributed by atoms with Crippen LogP contribution >= 0.6 is 0 Å². The molecule has 124 valence electrons. The minimum atomic E-state index is -0.734. The summed E-state index contributed by atoms with van der Waals surface area (Å²) in [4.78, 5) is 15.1. The number of allylic oxidation sites excluding steroid dienone is 2. The van der Waals surface area contributed by atoms with Gasteiger partial charge in [0.05, 0.1) is 5.69 Å². The second-order valence-electron chi connectivity index (χ2n) is 5.66. The SMILES string of the molecule is O=C(O)CCCC/C(C=Nc1ccccc1)=C\Cc1ccccc1. The Morgan fingerprint density at radius 2 is 1.54 bits per heavy atom. The minimum absolute atomic E-state index is 0.224. The van der Waals surface area contributed by atoms with Gasteiger partial charge < -0.3 is 5.11 Å². The van der Waals surface area contributed by atoms with E-state index in [1.807, 2.05) is 54.7 Å². The van der Waals surface area contributed by atoms with Crippen LogP contribution in [0.15, 0.2) is 77.3 Å². The van der Waals surface area contributed by atoms with Gasteiger partial charge in [-0.1, -0.05) is 54.6 Å². The number of nitrogens with zero attached hydrogens (tertiary/aromatic N) is 1. The summed E-state index contributed by atoms with van der Waals surface area (Å²) in [6, 6.07) is 20.1. The molecule has 0 aromatic heterocycles. The molecule has 2 aromatic rings. The predicted molar refractivity (Wildman–Crippen MR) is 98.9 cm³/mol. The van der Waals surface area contributed by atoms with E-state index < -0.39 is 5.97 Å². The van der Waals surface area contributed by atoms with E-state index in [0.29, 0.717) is 6.42 Å². The topological polar surface area (TPSA) is 49.7 Å². The van der Waals surface area contributed by atoms with Crippen molar-refractivity contribution in [3.63, 3.8) is 0 Å². The molecule has 0 aliphatic carbocycles. The molecule has 0 aliphatic heterocycles. The summed E-state index contributed by atoms with van der Waals surface area (Å²) < 4.78 is 0. The zero-order valence-electron chi connectivity index (χ0n) is 13.8. The lowest BCUT2D eigenvalue weighted by Gasteiger charge is -2.03. The summed E-state index contributed by atoms with van der Waals surface area (Å²) >= 11 is 0. The minimum Gasteiger partial charge on any atom is -0.481 e. The van der Waals surface area contributed by atoms with Gasteiger partial charge in [-0.25, -0.2) is 0 Å². The van der Waals surface area contributed by atoms with E-state index in [-0.39, 0.29) is 6.42 Å². The monoisotopic (exact) mass is 321 g/mol. The van der Waals surface area contributed by atoms with Gasteiger partial charge in [-0.15, -0.1) is 0 Å². The van der Waals surface area contributed by atoms with Crippen molar-refractivity contribution in [3.05, 3.63) is 77.9 Å². The third kappa shape index (κ3) is 7.05. The summed E-state index contributed by atoms with van der Waals surface area (Å²) in [5.41, 5.74) is 3.33. The van der Waals surface area contributed by atoms with E-state index in [9.17, 15) is 4.79 Å². The average molecular weight is 321 g/mol. The molecule has 0 heterocycles. The van der Waals surface area contributed by atoms with E-state index in [0.717, 1.165) is 30.5 Å². The lowest BCUT2D eigenvalue weighted by Crippen LogP contribution is -1.95. The number of carbonyl (C=O) groups is 1. The van der Waals surface area contributed by atoms with Crippen molar-refractivity contribution in [2.75, 3.05) is 0 Å². The zero-order chi connectivity index (χ0) is 17.0. The third-order valence-corrected chi connectivity index (χ3v) is 3.68. The first-order valence-electron chi connectivity index (χ1n) is 8.28. The average Bonchev–Trinajstić information content (AvgIpc) is 2.62. The highest BCUT2D eigenvalue weighted by Crippen LogP contribution is 2.14. The van der Waals surface area contributed by atoms with E-state index in [1.54, 1.807) is 0 Å². The van der Waals surface area contributed by atoms with Crippen molar-refractivity contribution < 1.29 is 9.90 Å². The van der Waals surface area contributed by atoms with Crippen LogP contribution in [0.2, 0.25) is 0 Å². The first-order chi connectivity index (χ1) is 11.7. The van der Waals surface area contributed by atoms with Crippen LogP contribution in [0.5, 0.6) is 0 Å². The van der Waals surface area contributed by atoms with Crippen molar-refractivity contribution in [2.24, 2.45) is 4.99 Å². The number of hydrogen-bond donors (Lipinski definition) is 1. The molecule has 0 unspecified atom stereocenters. The van der Waals surface area contributed by atoms with Crippen LogP contribution < -0.4 is 0 Å². The second kappa shape index (κ2) is 10.2. The van der Waals surface area contributed by atoms with Gasteiger partial charge in [-0.3, -0.25) is 9.79 Å². The first-order valence-corrected chi connectivity index (χ1v) is 8.28. The number of aliphatic imine (C=N–C) groups is 1. The maximum absolute atomic E-state index is 10.6. The number of aliphatic carboxylic acids is 1. The second-order valence-corrected chi connectivity index (χ2v) is 5.66. The van der Waals surface area contributed by atoms with Crippen LogP contribution in [-0.4, -0.2) is 17.3 Å². The molecule has 24 heavy (non-hydrogen) atoms. The van der Waals surface area contributed by atoms with Gasteiger partial charge in [-0.05, 0) is 49.0 Å². The molecule has 0 spiro atoms. The van der Waals surface area contributed by atoms with E-state index in [4.69, 9.17) is 5.11 Å². The number of benzene rings is 2. The van der Waals surface area contributed by atoms with Crippen LogP contribution in [0, 0.1) is 0 Å². The summed E-state index contributed by atoms with van der Waals surface area (Å²) in [5, 5.41) is 8.74. The van der Waals surface area contributed by atoms with Gasteiger partial charge in [0.1, 0.15) is 0 Å². The Balaban J connectivity index is 1.99. The van der Waals surface area contributed by atoms with E-state index in [2.05, 4.69) is 23.2 Å². The standard InChI is InChI=1S/C21H23NO2/c23-21(24)14-8-7-11-19(16-15-18-9-3-1-4-10-18)17-22-20-12-5-2-6-13-20/h1-6,9-10,12-13,16-17H,7-8,11,14-15H2,(H,23,24)/b19-16+,22-17?. The maximum Gasteiger partial charge on any atom is 0.303 e. The molecule has 2 rings (SSSR count). The third-order valence-electron chi connectivity index (χ3n) is 3.68. The van der Waals surface area contributed by atoms with Gasteiger partial charge >= 0.3 is 5.97 Å². The highest BCUT2D eigenvalue weighted by atomic mass is 16.4. The van der Waals surface area contributed by atoms with Crippen molar-refractivity contribution in [2.45, 2.75) is 32.1 Å². The predicted octanol–water partition coefficient (Wildman–Crippen LogP) is 5.20. The van der Waals surface area contributed by atoms with E-state index in [1.165, 1.54) is 5.56 Å². The van der Waals surface area contributed by atoms with Gasteiger partial charge in [0.25, 0.3) is 0 Å². The molecule has 3 nitrogen and oxygen atoms in total. The molecule has 0 bridgehead atoms. The van der Waals surface area contributed by atoms with Crippen LogP contribution in [-0.2, 0) is 11.2 Å². The molecular formula is C21H23NO2. The maximum atomic E-state index is 10.6. The number of rotatable bonds is 9. The highest BCUT2D eigenvalue weighted by molar-refractivity contribution is 5.81. The fraction of sp³-hybridized carbons (Fsp3) is 0.238. The molecule has 0 saturated carbocycles. The molecule has 1 N–H and O–H groups in total. The molecule has 0 aliphatic rings. The Morgan fingerprint density at radius 1 is 0.917 bits per heavy atom. The Morgan fingerprint density at radius 3 is 2.21 bits per heavy atom. The molecule has 2 aromatic carbocycles. The zero-order valence-corrected chi connectivity index (χ0v) is 13.8. The molecule has 0 atom stereocenters. The van der Waals surface area contributed by atoms with Crippen molar-refractivity contribution in [1.82, 2.24) is 0 Å². The summed E-state index contributed by atoms with van der Waals surface area (Å²) in [6.07, 6.45) is 7.56. The number of hydrogen-bond acceptors (Lipinski definition) is 2. The molecule has 0 amide bonds. The molecule has 0 radical (unpaired) electrons. The number of carboxylic acid groups (broad SMARTS) is 1. The Hall–Kier alpha value is -2.68. The van der Waals surface area contributed by atoms with Gasteiger partial charge in [-0.2, -0.15) is 0 Å². The number of carboxylic acids is 1. The molecule has 0 fully saturated rings. The molecule has 3 heteroatoms. The number of unbranched alkanes of at least 4 members (excludes halogenated alkanes) is 1. The van der Waals surface area contributed by atoms with Crippen molar-refractivity contribution >= 4 is 17.9 Å². The Bertz CT molecular complexity index is 675. The Kier molecular flexibility index (Phi) is 7.48. The molecule has 0 saturated heterocycles. The quantitative estimate of drug-likeness (QED) is 0.509. The van der Waals surface area contributed by atoms with E-state index >= 15 is 0 Å². The Labute approximate surface area is 143 Å². The normalized spacial score (nSPS) is 11.8. The fourth-order valence-corrected chi connectivity index (χ4v) is 2.36. The van der Waals surface area contributed by atoms with Crippen LogP contribution in [0.25, 0.3) is 0 Å². The summed E-state index contributed by atoms with van der Waals surface area (Å²) in [6.45, 7) is 0. The molecular weight excluding hydrogens is 298 g/mol. The smallest absolute Gasteiger partial charge is 0.303 e.